The van der Waals surface area contributed by atoms with Gasteiger partial charge in [0.1, 0.15) is 0 Å². The SMILES string of the molecule is S=C(NCC1CCSCC1)Nc1ccccc1. The summed E-state index contributed by atoms with van der Waals surface area (Å²) in [7, 11) is 0. The van der Waals surface area contributed by atoms with E-state index in [0.717, 1.165) is 23.3 Å². The highest BCUT2D eigenvalue weighted by molar-refractivity contribution is 7.99. The first-order chi connectivity index (χ1) is 8.34. The summed E-state index contributed by atoms with van der Waals surface area (Å²) in [5.41, 5.74) is 1.05. The van der Waals surface area contributed by atoms with Gasteiger partial charge in [0.15, 0.2) is 5.11 Å². The van der Waals surface area contributed by atoms with E-state index in [-0.39, 0.29) is 0 Å². The minimum atomic E-state index is 0.731. The molecule has 0 unspecified atom stereocenters. The second-order valence-corrected chi connectivity index (χ2v) is 5.89. The Morgan fingerprint density at radius 3 is 2.65 bits per heavy atom. The van der Waals surface area contributed by atoms with E-state index in [1.165, 1.54) is 24.3 Å². The summed E-state index contributed by atoms with van der Waals surface area (Å²) in [6, 6.07) is 10.0. The van der Waals surface area contributed by atoms with E-state index in [1.54, 1.807) is 0 Å². The van der Waals surface area contributed by atoms with Gasteiger partial charge in [-0.2, -0.15) is 11.8 Å². The first-order valence-electron chi connectivity index (χ1n) is 6.02. The Hall–Kier alpha value is -0.740. The molecule has 2 rings (SSSR count). The van der Waals surface area contributed by atoms with Crippen LogP contribution in [-0.2, 0) is 0 Å². The molecule has 1 aliphatic heterocycles. The van der Waals surface area contributed by atoms with E-state index in [0.29, 0.717) is 0 Å². The second-order valence-electron chi connectivity index (χ2n) is 4.26. The van der Waals surface area contributed by atoms with Gasteiger partial charge >= 0.3 is 0 Å². The molecular weight excluding hydrogens is 248 g/mol. The molecule has 1 aliphatic rings. The molecule has 1 aromatic rings. The third-order valence-electron chi connectivity index (χ3n) is 2.92. The fourth-order valence-electron chi connectivity index (χ4n) is 1.88. The van der Waals surface area contributed by atoms with Crippen molar-refractivity contribution in [1.82, 2.24) is 5.32 Å². The lowest BCUT2D eigenvalue weighted by molar-refractivity contribution is 0.483. The largest absolute Gasteiger partial charge is 0.362 e. The van der Waals surface area contributed by atoms with Gasteiger partial charge in [0.05, 0.1) is 0 Å². The maximum absolute atomic E-state index is 5.28. The predicted molar refractivity (Wildman–Crippen MR) is 80.7 cm³/mol. The van der Waals surface area contributed by atoms with Crippen LogP contribution in [0.5, 0.6) is 0 Å². The lowest BCUT2D eigenvalue weighted by Gasteiger charge is -2.22. The molecule has 0 radical (unpaired) electrons. The number of anilines is 1. The molecule has 1 saturated heterocycles. The van der Waals surface area contributed by atoms with Gasteiger partial charge in [-0.3, -0.25) is 0 Å². The van der Waals surface area contributed by atoms with Crippen molar-refractivity contribution in [2.24, 2.45) is 5.92 Å². The highest BCUT2D eigenvalue weighted by atomic mass is 32.2. The Bertz CT molecular complexity index is 348. The molecule has 0 amide bonds. The lowest BCUT2D eigenvalue weighted by Crippen LogP contribution is -2.34. The zero-order chi connectivity index (χ0) is 11.9. The standard InChI is InChI=1S/C13H18N2S2/c16-13(15-12-4-2-1-3-5-12)14-10-11-6-8-17-9-7-11/h1-5,11H,6-10H2,(H2,14,15,16). The van der Waals surface area contributed by atoms with Crippen LogP contribution in [0.25, 0.3) is 0 Å². The summed E-state index contributed by atoms with van der Waals surface area (Å²) in [6.07, 6.45) is 2.62. The van der Waals surface area contributed by atoms with Crippen LogP contribution in [0.4, 0.5) is 5.69 Å². The minimum absolute atomic E-state index is 0.731. The third-order valence-corrected chi connectivity index (χ3v) is 4.22. The topological polar surface area (TPSA) is 24.1 Å². The number of hydrogen-bond acceptors (Lipinski definition) is 2. The first kappa shape index (κ1) is 12.7. The number of nitrogens with one attached hydrogen (secondary N) is 2. The summed E-state index contributed by atoms with van der Waals surface area (Å²) < 4.78 is 0. The van der Waals surface area contributed by atoms with Crippen LogP contribution in [0, 0.1) is 5.92 Å². The fourth-order valence-corrected chi connectivity index (χ4v) is 3.29. The molecule has 0 atom stereocenters. The van der Waals surface area contributed by atoms with Crippen molar-refractivity contribution >= 4 is 34.8 Å². The van der Waals surface area contributed by atoms with Crippen molar-refractivity contribution in [3.8, 4) is 0 Å². The summed E-state index contributed by atoms with van der Waals surface area (Å²) in [6.45, 7) is 0.999. The smallest absolute Gasteiger partial charge is 0.170 e. The van der Waals surface area contributed by atoms with Gasteiger partial charge in [-0.15, -0.1) is 0 Å². The number of thioether (sulfide) groups is 1. The molecule has 1 aromatic carbocycles. The predicted octanol–water partition coefficient (Wildman–Crippen LogP) is 3.12. The molecule has 0 aromatic heterocycles. The zero-order valence-corrected chi connectivity index (χ0v) is 11.4. The van der Waals surface area contributed by atoms with E-state index in [4.69, 9.17) is 12.2 Å². The summed E-state index contributed by atoms with van der Waals surface area (Å²) >= 11 is 7.34. The summed E-state index contributed by atoms with van der Waals surface area (Å²) in [4.78, 5) is 0. The van der Waals surface area contributed by atoms with Crippen molar-refractivity contribution in [3.63, 3.8) is 0 Å². The Morgan fingerprint density at radius 2 is 1.94 bits per heavy atom. The number of hydrogen-bond donors (Lipinski definition) is 2. The average Bonchev–Trinajstić information content (AvgIpc) is 2.39. The van der Waals surface area contributed by atoms with Crippen LogP contribution < -0.4 is 10.6 Å². The maximum atomic E-state index is 5.28. The minimum Gasteiger partial charge on any atom is -0.362 e. The summed E-state index contributed by atoms with van der Waals surface area (Å²) in [5.74, 6) is 3.38. The van der Waals surface area contributed by atoms with Gasteiger partial charge in [0.25, 0.3) is 0 Å². The third kappa shape index (κ3) is 4.56. The fraction of sp³-hybridized carbons (Fsp3) is 0.462. The second kappa shape index (κ2) is 6.87. The van der Waals surface area contributed by atoms with Gasteiger partial charge in [-0.05, 0) is 54.6 Å². The molecule has 0 bridgehead atoms. The summed E-state index contributed by atoms with van der Waals surface area (Å²) in [5, 5.41) is 7.24. The van der Waals surface area contributed by atoms with Gasteiger partial charge < -0.3 is 10.6 Å². The molecule has 0 aliphatic carbocycles. The van der Waals surface area contributed by atoms with Crippen molar-refractivity contribution in [1.29, 1.82) is 0 Å². The van der Waals surface area contributed by atoms with Crippen molar-refractivity contribution < 1.29 is 0 Å². The first-order valence-corrected chi connectivity index (χ1v) is 7.58. The van der Waals surface area contributed by atoms with Gasteiger partial charge in [-0.25, -0.2) is 0 Å². The van der Waals surface area contributed by atoms with Crippen molar-refractivity contribution in [2.45, 2.75) is 12.8 Å². The van der Waals surface area contributed by atoms with Crippen molar-refractivity contribution in [2.75, 3.05) is 23.4 Å². The molecular formula is C13H18N2S2. The Labute approximate surface area is 113 Å². The van der Waals surface area contributed by atoms with Crippen LogP contribution >= 0.6 is 24.0 Å². The van der Waals surface area contributed by atoms with E-state index < -0.39 is 0 Å². The number of thiocarbonyl (C=S) groups is 1. The molecule has 92 valence electrons. The number of benzene rings is 1. The number of para-hydroxylation sites is 1. The van der Waals surface area contributed by atoms with E-state index in [9.17, 15) is 0 Å². The van der Waals surface area contributed by atoms with Crippen LogP contribution in [-0.4, -0.2) is 23.2 Å². The normalized spacial score (nSPS) is 16.5. The van der Waals surface area contributed by atoms with Crippen LogP contribution in [0.15, 0.2) is 30.3 Å². The molecule has 17 heavy (non-hydrogen) atoms. The Balaban J connectivity index is 1.70. The van der Waals surface area contributed by atoms with E-state index in [1.807, 2.05) is 30.3 Å². The molecule has 1 fully saturated rings. The molecule has 1 heterocycles. The molecule has 4 heteroatoms. The van der Waals surface area contributed by atoms with Crippen molar-refractivity contribution in [3.05, 3.63) is 30.3 Å². The van der Waals surface area contributed by atoms with Gasteiger partial charge in [0.2, 0.25) is 0 Å². The van der Waals surface area contributed by atoms with Crippen LogP contribution in [0.1, 0.15) is 12.8 Å². The Morgan fingerprint density at radius 1 is 1.24 bits per heavy atom. The molecule has 0 spiro atoms. The van der Waals surface area contributed by atoms with Gasteiger partial charge in [0, 0.05) is 12.2 Å². The van der Waals surface area contributed by atoms with Crippen LogP contribution in [0.2, 0.25) is 0 Å². The highest BCUT2D eigenvalue weighted by Crippen LogP contribution is 2.21. The Kier molecular flexibility index (Phi) is 5.13. The number of rotatable bonds is 3. The van der Waals surface area contributed by atoms with Crippen LogP contribution in [0.3, 0.4) is 0 Å². The monoisotopic (exact) mass is 266 g/mol. The maximum Gasteiger partial charge on any atom is 0.170 e. The quantitative estimate of drug-likeness (QED) is 0.821. The lowest BCUT2D eigenvalue weighted by atomic mass is 10.0. The molecule has 2 N–H and O–H groups in total. The molecule has 2 nitrogen and oxygen atoms in total. The van der Waals surface area contributed by atoms with E-state index in [2.05, 4.69) is 22.4 Å². The van der Waals surface area contributed by atoms with E-state index >= 15 is 0 Å². The highest BCUT2D eigenvalue weighted by Gasteiger charge is 2.13. The zero-order valence-electron chi connectivity index (χ0n) is 9.82. The molecule has 0 saturated carbocycles. The average molecular weight is 266 g/mol. The van der Waals surface area contributed by atoms with Gasteiger partial charge in [-0.1, -0.05) is 18.2 Å².